The Morgan fingerprint density at radius 1 is 1.25 bits per heavy atom. The van der Waals surface area contributed by atoms with E-state index < -0.39 is 0 Å². The summed E-state index contributed by atoms with van der Waals surface area (Å²) in [5, 5.41) is 11.3. The summed E-state index contributed by atoms with van der Waals surface area (Å²) >= 11 is 6.16. The lowest BCUT2D eigenvalue weighted by atomic mass is 9.99. The van der Waals surface area contributed by atoms with Crippen LogP contribution in [0.5, 0.6) is 0 Å². The molecule has 7 heteroatoms. The van der Waals surface area contributed by atoms with E-state index in [9.17, 15) is 0 Å². The molecule has 0 saturated carbocycles. The second-order valence-electron chi connectivity index (χ2n) is 5.90. The van der Waals surface area contributed by atoms with E-state index >= 15 is 0 Å². The van der Waals surface area contributed by atoms with Gasteiger partial charge in [-0.25, -0.2) is 9.97 Å². The van der Waals surface area contributed by atoms with Crippen LogP contribution in [0, 0.1) is 0 Å². The summed E-state index contributed by atoms with van der Waals surface area (Å²) < 4.78 is 0. The molecule has 1 saturated heterocycles. The van der Waals surface area contributed by atoms with Crippen LogP contribution in [-0.4, -0.2) is 51.7 Å². The van der Waals surface area contributed by atoms with Crippen LogP contribution in [0.25, 0.3) is 16.8 Å². The highest BCUT2D eigenvalue weighted by atomic mass is 35.5. The van der Waals surface area contributed by atoms with Crippen molar-refractivity contribution in [1.29, 1.82) is 0 Å². The van der Waals surface area contributed by atoms with Gasteiger partial charge in [0, 0.05) is 32.4 Å². The summed E-state index contributed by atoms with van der Waals surface area (Å²) in [7, 11) is 0. The number of aromatic amines is 1. The number of aromatic nitrogens is 4. The van der Waals surface area contributed by atoms with Gasteiger partial charge < -0.3 is 10.2 Å². The van der Waals surface area contributed by atoms with Crippen LogP contribution in [-0.2, 0) is 0 Å². The van der Waals surface area contributed by atoms with Gasteiger partial charge in [0.2, 0.25) is 0 Å². The third-order valence-electron chi connectivity index (χ3n) is 4.34. The monoisotopic (exact) mass is 342 g/mol. The minimum atomic E-state index is 0.0619. The van der Waals surface area contributed by atoms with Crippen molar-refractivity contribution in [3.63, 3.8) is 0 Å². The lowest BCUT2D eigenvalue weighted by Crippen LogP contribution is -2.43. The Hall–Kier alpha value is -2.18. The quantitative estimate of drug-likeness (QED) is 0.837. The molecule has 1 fully saturated rings. The van der Waals surface area contributed by atoms with Crippen LogP contribution in [0.4, 0.5) is 5.82 Å². The number of nitrogens with one attached hydrogen (secondary N) is 2. The standard InChI is InChI=1S/C17H19ClN6/c18-13-3-1-12(2-4-13)16-15(14-5-6-20-11-21-14)17(23-22-16)24-9-7-19-8-10-24/h1-3,5-6,11,13,19H,4,7-10H2,(H,22,23). The maximum atomic E-state index is 6.16. The van der Waals surface area contributed by atoms with E-state index in [1.165, 1.54) is 0 Å². The number of allylic oxidation sites excluding steroid dienone is 4. The Balaban J connectivity index is 1.79. The first-order valence-electron chi connectivity index (χ1n) is 8.16. The van der Waals surface area contributed by atoms with Crippen LogP contribution in [0.1, 0.15) is 12.1 Å². The molecule has 3 heterocycles. The summed E-state index contributed by atoms with van der Waals surface area (Å²) in [5.41, 5.74) is 4.00. The molecule has 6 nitrogen and oxygen atoms in total. The maximum Gasteiger partial charge on any atom is 0.160 e. The predicted octanol–water partition coefficient (Wildman–Crippen LogP) is 2.23. The molecule has 2 aromatic heterocycles. The van der Waals surface area contributed by atoms with Crippen LogP contribution in [0.2, 0.25) is 0 Å². The van der Waals surface area contributed by atoms with Crippen molar-refractivity contribution >= 4 is 23.0 Å². The van der Waals surface area contributed by atoms with Crippen molar-refractivity contribution in [3.05, 3.63) is 42.5 Å². The molecule has 1 aliphatic carbocycles. The van der Waals surface area contributed by atoms with Crippen molar-refractivity contribution in [3.8, 4) is 11.3 Å². The number of halogens is 1. The molecule has 1 unspecified atom stereocenters. The van der Waals surface area contributed by atoms with Gasteiger partial charge >= 0.3 is 0 Å². The van der Waals surface area contributed by atoms with Crippen molar-refractivity contribution in [2.75, 3.05) is 31.1 Å². The zero-order valence-corrected chi connectivity index (χ0v) is 14.0. The molecule has 0 spiro atoms. The molecule has 1 atom stereocenters. The lowest BCUT2D eigenvalue weighted by Gasteiger charge is -2.28. The van der Waals surface area contributed by atoms with Crippen LogP contribution in [0.3, 0.4) is 0 Å². The molecule has 1 aliphatic heterocycles. The molecule has 124 valence electrons. The minimum absolute atomic E-state index is 0.0619. The molecule has 0 aromatic carbocycles. The number of rotatable bonds is 3. The van der Waals surface area contributed by atoms with Crippen molar-refractivity contribution < 1.29 is 0 Å². The third-order valence-corrected chi connectivity index (χ3v) is 4.66. The molecule has 2 aromatic rings. The Morgan fingerprint density at radius 2 is 2.12 bits per heavy atom. The molecule has 24 heavy (non-hydrogen) atoms. The fourth-order valence-corrected chi connectivity index (χ4v) is 3.27. The van der Waals surface area contributed by atoms with Gasteiger partial charge in [-0.15, -0.1) is 11.6 Å². The number of nitrogens with zero attached hydrogens (tertiary/aromatic N) is 4. The van der Waals surface area contributed by atoms with E-state index in [0.29, 0.717) is 0 Å². The van der Waals surface area contributed by atoms with Gasteiger partial charge in [-0.2, -0.15) is 5.10 Å². The van der Waals surface area contributed by atoms with Crippen LogP contribution in [0.15, 0.2) is 36.8 Å². The number of piperazine rings is 1. The molecule has 2 N–H and O–H groups in total. The first-order chi connectivity index (χ1) is 11.8. The molecule has 0 amide bonds. The normalized spacial score (nSPS) is 21.0. The molecule has 4 rings (SSSR count). The average Bonchev–Trinajstić information content (AvgIpc) is 3.09. The van der Waals surface area contributed by atoms with Crippen LogP contribution < -0.4 is 10.2 Å². The number of alkyl halides is 1. The van der Waals surface area contributed by atoms with Gasteiger partial charge in [0.15, 0.2) is 5.82 Å². The predicted molar refractivity (Wildman–Crippen MR) is 96.1 cm³/mol. The van der Waals surface area contributed by atoms with E-state index in [1.807, 2.05) is 12.1 Å². The topological polar surface area (TPSA) is 69.7 Å². The minimum Gasteiger partial charge on any atom is -0.352 e. The van der Waals surface area contributed by atoms with Crippen molar-refractivity contribution in [1.82, 2.24) is 25.5 Å². The van der Waals surface area contributed by atoms with Crippen LogP contribution >= 0.6 is 11.6 Å². The first kappa shape index (κ1) is 15.4. The molecular weight excluding hydrogens is 324 g/mol. The first-order valence-corrected chi connectivity index (χ1v) is 8.60. The smallest absolute Gasteiger partial charge is 0.160 e. The Morgan fingerprint density at radius 3 is 2.83 bits per heavy atom. The fraction of sp³-hybridized carbons (Fsp3) is 0.353. The van der Waals surface area contributed by atoms with E-state index in [-0.39, 0.29) is 5.38 Å². The van der Waals surface area contributed by atoms with E-state index in [0.717, 1.165) is 60.9 Å². The second-order valence-corrected chi connectivity index (χ2v) is 6.46. The number of hydrogen-bond donors (Lipinski definition) is 2. The van der Waals surface area contributed by atoms with Gasteiger partial charge in [0.1, 0.15) is 6.33 Å². The van der Waals surface area contributed by atoms with Crippen molar-refractivity contribution in [2.45, 2.75) is 11.8 Å². The second kappa shape index (κ2) is 6.75. The van der Waals surface area contributed by atoms with Crippen molar-refractivity contribution in [2.24, 2.45) is 0 Å². The Kier molecular flexibility index (Phi) is 4.32. The SMILES string of the molecule is ClC1C=CC(c2[nH]nc(N3CCNCC3)c2-c2ccncn2)=CC1. The molecular formula is C17H19ClN6. The largest absolute Gasteiger partial charge is 0.352 e. The van der Waals surface area contributed by atoms with E-state index in [4.69, 9.17) is 11.6 Å². The summed E-state index contributed by atoms with van der Waals surface area (Å²) in [5.74, 6) is 0.951. The maximum absolute atomic E-state index is 6.16. The average molecular weight is 343 g/mol. The lowest BCUT2D eigenvalue weighted by molar-refractivity contribution is 0.585. The summed E-state index contributed by atoms with van der Waals surface area (Å²) in [6.45, 7) is 3.78. The fourth-order valence-electron chi connectivity index (χ4n) is 3.11. The Labute approximate surface area is 145 Å². The molecule has 2 aliphatic rings. The zero-order valence-electron chi connectivity index (χ0n) is 13.2. The van der Waals surface area contributed by atoms with Gasteiger partial charge in [-0.1, -0.05) is 18.2 Å². The van der Waals surface area contributed by atoms with Gasteiger partial charge in [0.25, 0.3) is 0 Å². The van der Waals surface area contributed by atoms with E-state index in [2.05, 4.69) is 42.5 Å². The third kappa shape index (κ3) is 2.95. The number of anilines is 1. The number of hydrogen-bond acceptors (Lipinski definition) is 5. The highest BCUT2D eigenvalue weighted by Gasteiger charge is 2.24. The van der Waals surface area contributed by atoms with Gasteiger partial charge in [0.05, 0.1) is 22.3 Å². The summed E-state index contributed by atoms with van der Waals surface area (Å²) in [4.78, 5) is 10.8. The zero-order chi connectivity index (χ0) is 16.4. The van der Waals surface area contributed by atoms with Gasteiger partial charge in [-0.05, 0) is 18.1 Å². The van der Waals surface area contributed by atoms with Gasteiger partial charge in [-0.3, -0.25) is 5.10 Å². The number of H-pyrrole nitrogens is 1. The highest BCUT2D eigenvalue weighted by Crippen LogP contribution is 2.36. The summed E-state index contributed by atoms with van der Waals surface area (Å²) in [6.07, 6.45) is 10.4. The summed E-state index contributed by atoms with van der Waals surface area (Å²) in [6, 6.07) is 1.93. The highest BCUT2D eigenvalue weighted by molar-refractivity contribution is 6.22. The molecule has 0 radical (unpaired) electrons. The van der Waals surface area contributed by atoms with E-state index in [1.54, 1.807) is 12.5 Å². The Bertz CT molecular complexity index is 761. The molecule has 0 bridgehead atoms.